The number of hydrogen-bond acceptors (Lipinski definition) is 5. The number of carboxylic acids is 1. The number of fused-ring (bicyclic) bond motifs is 1. The molecule has 1 fully saturated rings. The molecule has 36 heavy (non-hydrogen) atoms. The van der Waals surface area contributed by atoms with Gasteiger partial charge in [0.2, 0.25) is 0 Å². The number of aliphatic carboxylic acids is 1. The van der Waals surface area contributed by atoms with E-state index in [0.29, 0.717) is 48.1 Å². The van der Waals surface area contributed by atoms with Crippen LogP contribution in [-0.4, -0.2) is 53.5 Å². The molecule has 1 saturated heterocycles. The molecule has 0 unspecified atom stereocenters. The molecule has 2 heterocycles. The van der Waals surface area contributed by atoms with E-state index in [-0.39, 0.29) is 17.9 Å². The van der Waals surface area contributed by atoms with Crippen LogP contribution in [0.3, 0.4) is 0 Å². The second-order valence-electron chi connectivity index (χ2n) is 9.45. The minimum absolute atomic E-state index is 0.0888. The van der Waals surface area contributed by atoms with Crippen molar-refractivity contribution in [1.82, 2.24) is 9.88 Å². The van der Waals surface area contributed by atoms with E-state index in [1.165, 1.54) is 16.7 Å². The monoisotopic (exact) mass is 530 g/mol. The Morgan fingerprint density at radius 3 is 2.72 bits per heavy atom. The molecule has 0 radical (unpaired) electrons. The van der Waals surface area contributed by atoms with E-state index >= 15 is 4.39 Å². The third-order valence-corrected chi connectivity index (χ3v) is 8.74. The normalized spacial score (nSPS) is 16.7. The highest BCUT2D eigenvalue weighted by molar-refractivity contribution is 7.99. The van der Waals surface area contributed by atoms with Gasteiger partial charge in [0.1, 0.15) is 11.9 Å². The van der Waals surface area contributed by atoms with Gasteiger partial charge in [-0.05, 0) is 75.5 Å². The van der Waals surface area contributed by atoms with Crippen molar-refractivity contribution in [3.8, 4) is 5.75 Å². The summed E-state index contributed by atoms with van der Waals surface area (Å²) in [7, 11) is 1.55. The number of nitrogens with zero attached hydrogens (tertiary/aromatic N) is 2. The van der Waals surface area contributed by atoms with E-state index in [9.17, 15) is 9.90 Å². The van der Waals surface area contributed by atoms with E-state index in [1.807, 2.05) is 23.9 Å². The number of likely N-dealkylation sites (tertiary alicyclic amines) is 1. The Hall–Kier alpha value is -2.35. The van der Waals surface area contributed by atoms with Crippen molar-refractivity contribution in [2.45, 2.75) is 43.7 Å². The van der Waals surface area contributed by atoms with Crippen LogP contribution >= 0.6 is 23.4 Å². The third-order valence-electron chi connectivity index (χ3n) is 7.28. The molecule has 1 N–H and O–H groups in total. The van der Waals surface area contributed by atoms with Gasteiger partial charge >= 0.3 is 5.97 Å². The van der Waals surface area contributed by atoms with E-state index in [0.717, 1.165) is 12.3 Å². The number of carboxylic acid groups (broad SMARTS) is 1. The molecular formula is C28H32ClFN2O3S. The van der Waals surface area contributed by atoms with E-state index in [1.54, 1.807) is 25.3 Å². The maximum absolute atomic E-state index is 15.6. The number of benzene rings is 2. The molecule has 8 heteroatoms. The SMILES string of the molecule is COc1ccc2ncc(Cl)c([C@H](F)CCC3(C(=O)O)CCN(CCSc4ccccc4C)CC3)c2c1. The second kappa shape index (κ2) is 11.8. The van der Waals surface area contributed by atoms with Gasteiger partial charge in [0.15, 0.2) is 0 Å². The van der Waals surface area contributed by atoms with Crippen LogP contribution in [0.15, 0.2) is 53.6 Å². The molecule has 0 saturated carbocycles. The van der Waals surface area contributed by atoms with Crippen molar-refractivity contribution in [3.05, 3.63) is 64.8 Å². The number of methoxy groups -OCH3 is 1. The largest absolute Gasteiger partial charge is 0.497 e. The molecule has 0 spiro atoms. The Morgan fingerprint density at radius 1 is 1.28 bits per heavy atom. The standard InChI is InChI=1S/C28H32ClFN2O3S/c1-19-5-3-4-6-25(19)36-16-15-32-13-11-28(12-14-32,27(33)34)10-9-23(30)26-21-17-20(35-2)7-8-24(21)31-18-22(26)29/h3-8,17-18,23H,9-16H2,1-2H3,(H,33,34)/t23-/m1/s1. The Kier molecular flexibility index (Phi) is 8.75. The second-order valence-corrected chi connectivity index (χ2v) is 11.0. The summed E-state index contributed by atoms with van der Waals surface area (Å²) in [6.45, 7) is 4.42. The minimum Gasteiger partial charge on any atom is -0.497 e. The van der Waals surface area contributed by atoms with Crippen LogP contribution in [0.4, 0.5) is 4.39 Å². The molecule has 192 valence electrons. The number of pyridine rings is 1. The van der Waals surface area contributed by atoms with Gasteiger partial charge < -0.3 is 14.7 Å². The van der Waals surface area contributed by atoms with Crippen LogP contribution in [0.1, 0.15) is 43.0 Å². The smallest absolute Gasteiger partial charge is 0.309 e. The van der Waals surface area contributed by atoms with Gasteiger partial charge in [-0.2, -0.15) is 0 Å². The fourth-order valence-electron chi connectivity index (χ4n) is 4.94. The van der Waals surface area contributed by atoms with Gasteiger partial charge in [-0.1, -0.05) is 29.8 Å². The number of halogens is 2. The average molecular weight is 531 g/mol. The fraction of sp³-hybridized carbons (Fsp3) is 0.429. The lowest BCUT2D eigenvalue weighted by atomic mass is 9.74. The zero-order valence-electron chi connectivity index (χ0n) is 20.7. The molecule has 4 rings (SSSR count). The highest BCUT2D eigenvalue weighted by atomic mass is 35.5. The lowest BCUT2D eigenvalue weighted by Crippen LogP contribution is -2.45. The van der Waals surface area contributed by atoms with Crippen LogP contribution in [-0.2, 0) is 4.79 Å². The van der Waals surface area contributed by atoms with Crippen LogP contribution in [0.25, 0.3) is 10.9 Å². The van der Waals surface area contributed by atoms with Crippen molar-refractivity contribution < 1.29 is 19.0 Å². The van der Waals surface area contributed by atoms with E-state index in [4.69, 9.17) is 16.3 Å². The number of thioether (sulfide) groups is 1. The fourth-order valence-corrected chi connectivity index (χ4v) is 6.25. The van der Waals surface area contributed by atoms with Crippen molar-refractivity contribution >= 4 is 40.2 Å². The molecular weight excluding hydrogens is 499 g/mol. The predicted octanol–water partition coefficient (Wildman–Crippen LogP) is 6.96. The number of aryl methyl sites for hydroxylation is 1. The molecule has 1 atom stereocenters. The van der Waals surface area contributed by atoms with Crippen molar-refractivity contribution in [2.24, 2.45) is 5.41 Å². The molecule has 3 aromatic rings. The summed E-state index contributed by atoms with van der Waals surface area (Å²) in [5.41, 5.74) is 1.33. The van der Waals surface area contributed by atoms with Crippen LogP contribution in [0.2, 0.25) is 5.02 Å². The first-order valence-electron chi connectivity index (χ1n) is 12.2. The number of hydrogen-bond donors (Lipinski definition) is 1. The number of aromatic nitrogens is 1. The molecule has 1 aromatic heterocycles. The maximum Gasteiger partial charge on any atom is 0.309 e. The molecule has 0 amide bonds. The first-order chi connectivity index (χ1) is 17.3. The first-order valence-corrected chi connectivity index (χ1v) is 13.6. The summed E-state index contributed by atoms with van der Waals surface area (Å²) >= 11 is 8.20. The lowest BCUT2D eigenvalue weighted by molar-refractivity contribution is -0.153. The van der Waals surface area contributed by atoms with Gasteiger partial charge in [0.25, 0.3) is 0 Å². The average Bonchev–Trinajstić information content (AvgIpc) is 2.88. The molecule has 2 aromatic carbocycles. The lowest BCUT2D eigenvalue weighted by Gasteiger charge is -2.39. The summed E-state index contributed by atoms with van der Waals surface area (Å²) in [6, 6.07) is 13.6. The number of ether oxygens (including phenoxy) is 1. The van der Waals surface area contributed by atoms with Gasteiger partial charge in [0.05, 0.1) is 23.1 Å². The first kappa shape index (κ1) is 26.7. The number of rotatable bonds is 10. The quantitative estimate of drug-likeness (QED) is 0.286. The Labute approximate surface area is 221 Å². The molecule has 1 aliphatic heterocycles. The highest BCUT2D eigenvalue weighted by Gasteiger charge is 2.41. The summed E-state index contributed by atoms with van der Waals surface area (Å²) in [6.07, 6.45) is 1.45. The topological polar surface area (TPSA) is 62.7 Å². The van der Waals surface area contributed by atoms with Gasteiger partial charge in [0, 0.05) is 34.3 Å². The Morgan fingerprint density at radius 2 is 2.03 bits per heavy atom. The van der Waals surface area contributed by atoms with Crippen molar-refractivity contribution in [3.63, 3.8) is 0 Å². The molecule has 0 bridgehead atoms. The molecule has 0 aliphatic carbocycles. The van der Waals surface area contributed by atoms with Crippen LogP contribution in [0, 0.1) is 12.3 Å². The van der Waals surface area contributed by atoms with Gasteiger partial charge in [-0.25, -0.2) is 4.39 Å². The summed E-state index contributed by atoms with van der Waals surface area (Å²) in [5.74, 6) is 0.708. The van der Waals surface area contributed by atoms with Gasteiger partial charge in [-0.15, -0.1) is 11.8 Å². The van der Waals surface area contributed by atoms with Crippen molar-refractivity contribution in [2.75, 3.05) is 32.5 Å². The number of carbonyl (C=O) groups is 1. The molecule has 1 aliphatic rings. The van der Waals surface area contributed by atoms with E-state index < -0.39 is 17.6 Å². The maximum atomic E-state index is 15.6. The molecule has 5 nitrogen and oxygen atoms in total. The highest BCUT2D eigenvalue weighted by Crippen LogP contribution is 2.42. The zero-order chi connectivity index (χ0) is 25.7. The number of alkyl halides is 1. The summed E-state index contributed by atoms with van der Waals surface area (Å²) < 4.78 is 20.9. The summed E-state index contributed by atoms with van der Waals surface area (Å²) in [5, 5.41) is 11.0. The Bertz CT molecular complexity index is 1220. The predicted molar refractivity (Wildman–Crippen MR) is 144 cm³/mol. The van der Waals surface area contributed by atoms with Crippen molar-refractivity contribution in [1.29, 1.82) is 0 Å². The van der Waals surface area contributed by atoms with Gasteiger partial charge in [-0.3, -0.25) is 9.78 Å². The minimum atomic E-state index is -1.39. The van der Waals surface area contributed by atoms with Crippen LogP contribution in [0.5, 0.6) is 5.75 Å². The third kappa shape index (κ3) is 5.96. The Balaban J connectivity index is 1.38. The summed E-state index contributed by atoms with van der Waals surface area (Å²) in [4.78, 5) is 20.2. The number of piperidine rings is 1. The van der Waals surface area contributed by atoms with Crippen LogP contribution < -0.4 is 4.74 Å². The van der Waals surface area contributed by atoms with E-state index in [2.05, 4.69) is 28.9 Å². The zero-order valence-corrected chi connectivity index (χ0v) is 22.2.